The van der Waals surface area contributed by atoms with E-state index in [2.05, 4.69) is 21.2 Å². The third-order valence-corrected chi connectivity index (χ3v) is 8.10. The van der Waals surface area contributed by atoms with Crippen LogP contribution in [0.5, 0.6) is 5.75 Å². The van der Waals surface area contributed by atoms with Gasteiger partial charge in [-0.1, -0.05) is 39.7 Å². The fourth-order valence-corrected chi connectivity index (χ4v) is 6.08. The first-order chi connectivity index (χ1) is 15.3. The molecule has 5 nitrogen and oxygen atoms in total. The molecule has 0 unspecified atom stereocenters. The molecule has 0 bridgehead atoms. The molecule has 0 fully saturated rings. The first-order valence-corrected chi connectivity index (χ1v) is 12.2. The summed E-state index contributed by atoms with van der Waals surface area (Å²) in [5.41, 5.74) is 1.91. The van der Waals surface area contributed by atoms with Crippen molar-refractivity contribution in [1.82, 2.24) is 0 Å². The zero-order chi connectivity index (χ0) is 23.0. The van der Waals surface area contributed by atoms with Crippen molar-refractivity contribution in [2.45, 2.75) is 6.92 Å². The van der Waals surface area contributed by atoms with Crippen LogP contribution < -0.4 is 10.1 Å². The summed E-state index contributed by atoms with van der Waals surface area (Å²) in [5, 5.41) is 4.39. The summed E-state index contributed by atoms with van der Waals surface area (Å²) in [6.45, 7) is 1.91. The number of ether oxygens (including phenoxy) is 2. The molecule has 0 aliphatic heterocycles. The minimum Gasteiger partial charge on any atom is -0.497 e. The first-order valence-electron chi connectivity index (χ1n) is 9.39. The van der Waals surface area contributed by atoms with Crippen LogP contribution in [0.1, 0.15) is 24.9 Å². The molecule has 4 rings (SSSR count). The van der Waals surface area contributed by atoms with E-state index < -0.39 is 5.97 Å². The van der Waals surface area contributed by atoms with Crippen molar-refractivity contribution in [3.05, 3.63) is 67.3 Å². The fourth-order valence-electron chi connectivity index (χ4n) is 3.37. The largest absolute Gasteiger partial charge is 0.497 e. The Morgan fingerprint density at radius 3 is 2.44 bits per heavy atom. The number of amides is 1. The molecule has 9 heteroatoms. The highest BCUT2D eigenvalue weighted by Crippen LogP contribution is 2.42. The number of esters is 1. The van der Waals surface area contributed by atoms with Gasteiger partial charge in [-0.25, -0.2) is 4.79 Å². The van der Waals surface area contributed by atoms with Gasteiger partial charge >= 0.3 is 5.97 Å². The smallest absolute Gasteiger partial charge is 0.341 e. The van der Waals surface area contributed by atoms with E-state index in [4.69, 9.17) is 21.1 Å². The average molecular weight is 551 g/mol. The second-order valence-corrected chi connectivity index (χ2v) is 10.4. The van der Waals surface area contributed by atoms with Crippen molar-refractivity contribution in [1.29, 1.82) is 0 Å². The molecule has 2 aromatic heterocycles. The number of halogens is 2. The SMILES string of the molecule is COC(=O)c1c(NC(=O)c2sc3ccc(OC)cc3c2Cl)sc(C)c1-c1ccc(Br)cc1. The second-order valence-electron chi connectivity index (χ2n) is 6.80. The topological polar surface area (TPSA) is 64.6 Å². The zero-order valence-corrected chi connectivity index (χ0v) is 21.2. The van der Waals surface area contributed by atoms with Gasteiger partial charge in [0.1, 0.15) is 21.2 Å². The number of rotatable bonds is 5. The van der Waals surface area contributed by atoms with E-state index in [1.165, 1.54) is 29.8 Å². The highest BCUT2D eigenvalue weighted by Gasteiger charge is 2.27. The summed E-state index contributed by atoms with van der Waals surface area (Å²) < 4.78 is 12.1. The summed E-state index contributed by atoms with van der Waals surface area (Å²) in [4.78, 5) is 27.1. The number of carbonyl (C=O) groups is 2. The molecule has 1 N–H and O–H groups in total. The van der Waals surface area contributed by atoms with Crippen molar-refractivity contribution in [3.8, 4) is 16.9 Å². The number of benzene rings is 2. The molecule has 4 aromatic rings. The molecule has 0 saturated heterocycles. The molecular weight excluding hydrogens is 534 g/mol. The van der Waals surface area contributed by atoms with Gasteiger partial charge < -0.3 is 14.8 Å². The Labute approximate surface area is 206 Å². The Balaban J connectivity index is 1.76. The second kappa shape index (κ2) is 9.23. The third kappa shape index (κ3) is 4.15. The lowest BCUT2D eigenvalue weighted by Gasteiger charge is -2.08. The van der Waals surface area contributed by atoms with Crippen molar-refractivity contribution >= 4 is 77.2 Å². The Hall–Kier alpha value is -2.39. The van der Waals surface area contributed by atoms with E-state index in [9.17, 15) is 9.59 Å². The summed E-state index contributed by atoms with van der Waals surface area (Å²) >= 11 is 12.6. The van der Waals surface area contributed by atoms with E-state index in [-0.39, 0.29) is 5.91 Å². The lowest BCUT2D eigenvalue weighted by atomic mass is 10.0. The zero-order valence-electron chi connectivity index (χ0n) is 17.2. The number of anilines is 1. The highest BCUT2D eigenvalue weighted by atomic mass is 79.9. The molecule has 0 spiro atoms. The molecule has 2 heterocycles. The van der Waals surface area contributed by atoms with Crippen LogP contribution in [0, 0.1) is 6.92 Å². The van der Waals surface area contributed by atoms with Crippen LogP contribution in [0.4, 0.5) is 5.00 Å². The van der Waals surface area contributed by atoms with Gasteiger partial charge in [0.25, 0.3) is 5.91 Å². The van der Waals surface area contributed by atoms with E-state index in [0.717, 1.165) is 30.6 Å². The van der Waals surface area contributed by atoms with E-state index in [0.29, 0.717) is 26.2 Å². The van der Waals surface area contributed by atoms with E-state index >= 15 is 0 Å². The number of nitrogens with one attached hydrogen (secondary N) is 1. The van der Waals surface area contributed by atoms with Crippen LogP contribution in [-0.4, -0.2) is 26.1 Å². The molecule has 0 saturated carbocycles. The highest BCUT2D eigenvalue weighted by molar-refractivity contribution is 9.10. The minimum atomic E-state index is -0.519. The van der Waals surface area contributed by atoms with Crippen molar-refractivity contribution in [2.24, 2.45) is 0 Å². The van der Waals surface area contributed by atoms with Crippen LogP contribution in [0.15, 0.2) is 46.9 Å². The number of fused-ring (bicyclic) bond motifs is 1. The number of thiophene rings is 2. The standard InChI is InChI=1S/C23H17BrClNO4S2/c1-11-17(12-4-6-13(24)7-5-12)18(23(28)30-3)22(31-11)26-21(27)20-19(25)15-10-14(29-2)8-9-16(15)32-20/h4-10H,1-3H3,(H,26,27). The van der Waals surface area contributed by atoms with Crippen LogP contribution in [0.25, 0.3) is 21.2 Å². The van der Waals surface area contributed by atoms with Gasteiger partial charge in [-0.15, -0.1) is 22.7 Å². The van der Waals surface area contributed by atoms with Crippen LogP contribution in [0.3, 0.4) is 0 Å². The Morgan fingerprint density at radius 2 is 1.78 bits per heavy atom. The average Bonchev–Trinajstić information content (AvgIpc) is 3.29. The Kier molecular flexibility index (Phi) is 6.57. The Bertz CT molecular complexity index is 1340. The molecular formula is C23H17BrClNO4S2. The quantitative estimate of drug-likeness (QED) is 0.263. The van der Waals surface area contributed by atoms with Gasteiger partial charge in [0.2, 0.25) is 0 Å². The summed E-state index contributed by atoms with van der Waals surface area (Å²) in [7, 11) is 2.90. The monoisotopic (exact) mass is 549 g/mol. The molecule has 0 aliphatic carbocycles. The predicted octanol–water partition coefficient (Wildman–Crippen LogP) is 7.40. The van der Waals surface area contributed by atoms with Crippen molar-refractivity contribution in [3.63, 3.8) is 0 Å². The maximum absolute atomic E-state index is 13.2. The molecule has 0 aliphatic rings. The van der Waals surface area contributed by atoms with Gasteiger partial charge in [0.15, 0.2) is 0 Å². The summed E-state index contributed by atoms with van der Waals surface area (Å²) in [6.07, 6.45) is 0. The molecule has 1 amide bonds. The summed E-state index contributed by atoms with van der Waals surface area (Å²) in [5.74, 6) is -0.246. The first kappa shape index (κ1) is 22.8. The number of methoxy groups -OCH3 is 2. The normalized spacial score (nSPS) is 10.9. The maximum atomic E-state index is 13.2. The minimum absolute atomic E-state index is 0.324. The predicted molar refractivity (Wildman–Crippen MR) is 135 cm³/mol. The van der Waals surface area contributed by atoms with E-state index in [1.54, 1.807) is 13.2 Å². The van der Waals surface area contributed by atoms with Crippen LogP contribution >= 0.6 is 50.2 Å². The molecule has 164 valence electrons. The molecule has 0 radical (unpaired) electrons. The number of aryl methyl sites for hydroxylation is 1. The van der Waals surface area contributed by atoms with Gasteiger partial charge in [0.05, 0.1) is 19.2 Å². The number of hydrogen-bond donors (Lipinski definition) is 1. The molecule has 2 aromatic carbocycles. The van der Waals surface area contributed by atoms with Crippen molar-refractivity contribution < 1.29 is 19.1 Å². The maximum Gasteiger partial charge on any atom is 0.341 e. The van der Waals surface area contributed by atoms with Gasteiger partial charge in [-0.2, -0.15) is 0 Å². The van der Waals surface area contributed by atoms with Crippen LogP contribution in [0.2, 0.25) is 5.02 Å². The lowest BCUT2D eigenvalue weighted by molar-refractivity contribution is 0.0603. The third-order valence-electron chi connectivity index (χ3n) is 4.87. The van der Waals surface area contributed by atoms with Gasteiger partial charge in [0, 0.05) is 25.0 Å². The molecule has 32 heavy (non-hydrogen) atoms. The number of carbonyl (C=O) groups excluding carboxylic acids is 2. The fraction of sp³-hybridized carbons (Fsp3) is 0.130. The van der Waals surface area contributed by atoms with E-state index in [1.807, 2.05) is 43.3 Å². The lowest BCUT2D eigenvalue weighted by Crippen LogP contribution is -2.13. The van der Waals surface area contributed by atoms with Crippen LogP contribution in [-0.2, 0) is 4.74 Å². The molecule has 0 atom stereocenters. The number of hydrogen-bond acceptors (Lipinski definition) is 6. The van der Waals surface area contributed by atoms with Gasteiger partial charge in [-0.05, 0) is 42.8 Å². The Morgan fingerprint density at radius 1 is 1.06 bits per heavy atom. The van der Waals surface area contributed by atoms with Crippen molar-refractivity contribution in [2.75, 3.05) is 19.5 Å². The van der Waals surface area contributed by atoms with Gasteiger partial charge in [-0.3, -0.25) is 4.79 Å². The summed E-state index contributed by atoms with van der Waals surface area (Å²) in [6, 6.07) is 13.1.